The van der Waals surface area contributed by atoms with Gasteiger partial charge in [0, 0.05) is 77.6 Å². The minimum Gasteiger partial charge on any atom is -0.355 e. The Morgan fingerprint density at radius 2 is 0.670 bits per heavy atom. The average Bonchev–Trinajstić information content (AvgIpc) is 1.45. The van der Waals surface area contributed by atoms with Crippen molar-refractivity contribution in [2.75, 3.05) is 9.80 Å². The molecule has 0 radical (unpaired) electrons. The number of nitrogens with one attached hydrogen (secondary N) is 1. The van der Waals surface area contributed by atoms with Crippen LogP contribution in [0.3, 0.4) is 0 Å². The second-order valence-electron chi connectivity index (χ2n) is 32.7. The number of rotatable bonds is 7. The molecule has 16 rings (SSSR count). The Morgan fingerprint density at radius 3 is 1.09 bits per heavy atom. The number of fused-ring (bicyclic) bond motifs is 11. The van der Waals surface area contributed by atoms with Crippen LogP contribution >= 0.6 is 0 Å². The number of benzene rings is 12. The van der Waals surface area contributed by atoms with Crippen LogP contribution in [0.15, 0.2) is 249 Å². The number of H-pyrrole nitrogens is 1. The first kappa shape index (κ1) is 61.8. The number of hydrogen-bond acceptors (Lipinski definition) is 2. The first-order chi connectivity index (χ1) is 46.3. The summed E-state index contributed by atoms with van der Waals surface area (Å²) < 4.78 is 2.61. The predicted molar refractivity (Wildman–Crippen MR) is 419 cm³/mol. The van der Waals surface area contributed by atoms with Crippen molar-refractivity contribution in [3.63, 3.8) is 0 Å². The SMILES string of the molecule is CC(C)(C)c1cc(-c2ccccc2)c(N2c3cc(C(C)(C)C)ccc3B3c4c2cc(-n2c5ccc(C(C)(C)C)cc5c5cc(C(C)(C)C)ccc52)cc4N(c2c(-c4ccccc4)cc(C(C)(C)C)cc2-c2ccccc2)c2ccc4[nH]c5ccccc5c4c23)c(-c2ccccc2)c1. The fraction of sp³-hybridized carbons (Fsp3) is 0.217. The van der Waals surface area contributed by atoms with Gasteiger partial charge in [0.15, 0.2) is 0 Å². The molecule has 0 atom stereocenters. The van der Waals surface area contributed by atoms with Crippen LogP contribution in [0, 0.1) is 0 Å². The van der Waals surface area contributed by atoms with Crippen LogP contribution in [0.4, 0.5) is 34.1 Å². The van der Waals surface area contributed by atoms with Gasteiger partial charge in [0.25, 0.3) is 6.71 Å². The van der Waals surface area contributed by atoms with Gasteiger partial charge < -0.3 is 19.4 Å². The van der Waals surface area contributed by atoms with Crippen molar-refractivity contribution in [1.29, 1.82) is 0 Å². The molecular weight excluding hydrogens is 1170 g/mol. The van der Waals surface area contributed by atoms with Crippen LogP contribution in [0.25, 0.3) is 93.8 Å². The van der Waals surface area contributed by atoms with Gasteiger partial charge in [0.1, 0.15) is 0 Å². The van der Waals surface area contributed by atoms with Crippen molar-refractivity contribution in [2.45, 2.75) is 131 Å². The molecule has 478 valence electrons. The maximum Gasteiger partial charge on any atom is 0.253 e. The quantitative estimate of drug-likeness (QED) is 0.161. The fourth-order valence-electron chi connectivity index (χ4n) is 15.7. The molecule has 2 aliphatic rings. The monoisotopic (exact) mass is 1260 g/mol. The molecule has 2 aromatic heterocycles. The van der Waals surface area contributed by atoms with E-state index < -0.39 is 0 Å². The lowest BCUT2D eigenvalue weighted by Crippen LogP contribution is -2.61. The van der Waals surface area contributed by atoms with E-state index in [9.17, 15) is 0 Å². The molecule has 1 N–H and O–H groups in total. The van der Waals surface area contributed by atoms with Gasteiger partial charge >= 0.3 is 0 Å². The highest BCUT2D eigenvalue weighted by Crippen LogP contribution is 2.56. The Kier molecular flexibility index (Phi) is 14.2. The molecule has 0 aliphatic carbocycles. The smallest absolute Gasteiger partial charge is 0.253 e. The summed E-state index contributed by atoms with van der Waals surface area (Å²) >= 11 is 0. The first-order valence-electron chi connectivity index (χ1n) is 34.9. The summed E-state index contributed by atoms with van der Waals surface area (Å²) in [5.74, 6) is 0. The predicted octanol–water partition coefficient (Wildman–Crippen LogP) is 23.7. The molecule has 2 aliphatic heterocycles. The largest absolute Gasteiger partial charge is 0.355 e. The summed E-state index contributed by atoms with van der Waals surface area (Å²) in [5, 5.41) is 4.97. The van der Waals surface area contributed by atoms with Gasteiger partial charge in [-0.05, 0) is 178 Å². The highest BCUT2D eigenvalue weighted by atomic mass is 15.2. The Balaban J connectivity index is 1.17. The highest BCUT2D eigenvalue weighted by Gasteiger charge is 2.47. The lowest BCUT2D eigenvalue weighted by Gasteiger charge is -2.46. The number of para-hydroxylation sites is 1. The van der Waals surface area contributed by atoms with Crippen molar-refractivity contribution in [3.8, 4) is 50.2 Å². The van der Waals surface area contributed by atoms with E-state index in [0.717, 1.165) is 56.3 Å². The van der Waals surface area contributed by atoms with Crippen molar-refractivity contribution in [1.82, 2.24) is 9.55 Å². The Bertz CT molecular complexity index is 5270. The van der Waals surface area contributed by atoms with Gasteiger partial charge in [-0.2, -0.15) is 0 Å². The van der Waals surface area contributed by atoms with Gasteiger partial charge in [-0.25, -0.2) is 0 Å². The van der Waals surface area contributed by atoms with Gasteiger partial charge in [0.2, 0.25) is 0 Å². The molecule has 5 heteroatoms. The molecule has 0 fully saturated rings. The van der Waals surface area contributed by atoms with Crippen LogP contribution < -0.4 is 26.2 Å². The van der Waals surface area contributed by atoms with E-state index in [0.29, 0.717) is 0 Å². The van der Waals surface area contributed by atoms with Crippen LogP contribution in [-0.4, -0.2) is 16.3 Å². The maximum atomic E-state index is 3.99. The lowest BCUT2D eigenvalue weighted by atomic mass is 9.33. The zero-order chi connectivity index (χ0) is 67.4. The molecule has 0 bridgehead atoms. The number of anilines is 6. The fourth-order valence-corrected chi connectivity index (χ4v) is 15.7. The summed E-state index contributed by atoms with van der Waals surface area (Å²) in [5.41, 5.74) is 31.5. The second-order valence-corrected chi connectivity index (χ2v) is 32.7. The van der Waals surface area contributed by atoms with Gasteiger partial charge in [-0.3, -0.25) is 0 Å². The lowest BCUT2D eigenvalue weighted by molar-refractivity contribution is 0.590. The van der Waals surface area contributed by atoms with Crippen LogP contribution in [0.5, 0.6) is 0 Å². The van der Waals surface area contributed by atoms with E-state index >= 15 is 0 Å². The summed E-state index contributed by atoms with van der Waals surface area (Å²) in [6.45, 7) is 35.1. The summed E-state index contributed by atoms with van der Waals surface area (Å²) in [6, 6.07) is 96.1. The van der Waals surface area contributed by atoms with Crippen molar-refractivity contribution in [2.24, 2.45) is 0 Å². The minimum atomic E-state index is -0.237. The molecule has 97 heavy (non-hydrogen) atoms. The Morgan fingerprint density at radius 1 is 0.289 bits per heavy atom. The Hall–Kier alpha value is -10.1. The molecule has 12 aromatic carbocycles. The van der Waals surface area contributed by atoms with Crippen LogP contribution in [0.1, 0.15) is 132 Å². The average molecular weight is 1260 g/mol. The zero-order valence-electron chi connectivity index (χ0n) is 59.1. The molecule has 0 saturated carbocycles. The number of nitrogens with zero attached hydrogens (tertiary/aromatic N) is 3. The molecule has 0 saturated heterocycles. The van der Waals surface area contributed by atoms with Crippen LogP contribution in [-0.2, 0) is 27.1 Å². The topological polar surface area (TPSA) is 27.2 Å². The van der Waals surface area contributed by atoms with Crippen molar-refractivity contribution >= 4 is 101 Å². The molecule has 0 unspecified atom stereocenters. The third kappa shape index (κ3) is 10.2. The van der Waals surface area contributed by atoms with Crippen LogP contribution in [0.2, 0.25) is 0 Å². The number of hydrogen-bond donors (Lipinski definition) is 1. The van der Waals surface area contributed by atoms with E-state index in [1.165, 1.54) is 116 Å². The molecule has 0 amide bonds. The van der Waals surface area contributed by atoms with Crippen molar-refractivity contribution in [3.05, 3.63) is 277 Å². The van der Waals surface area contributed by atoms with Gasteiger partial charge in [-0.15, -0.1) is 0 Å². The normalized spacial score (nSPS) is 13.5. The van der Waals surface area contributed by atoms with Gasteiger partial charge in [0.05, 0.1) is 28.1 Å². The minimum absolute atomic E-state index is 0.0793. The van der Waals surface area contributed by atoms with E-state index in [4.69, 9.17) is 0 Å². The molecule has 4 nitrogen and oxygen atoms in total. The molecule has 0 spiro atoms. The summed E-state index contributed by atoms with van der Waals surface area (Å²) in [7, 11) is 0. The number of aromatic nitrogens is 2. The third-order valence-electron chi connectivity index (χ3n) is 21.1. The number of aromatic amines is 1. The zero-order valence-corrected chi connectivity index (χ0v) is 59.1. The third-order valence-corrected chi connectivity index (χ3v) is 21.1. The maximum absolute atomic E-state index is 3.99. The second kappa shape index (κ2) is 22.2. The molecule has 4 heterocycles. The Labute approximate surface area is 574 Å². The standard InChI is InChI=1S/C92H87BN4/c1-88(2,3)61-41-45-77-72(48-61)73-49-62(89(4,5)6)42-46-78(73)95(77)66-55-81-84-82(56-66)97(87-70(59-34-24-18-25-35-59)52-65(92(13,14)15)53-71(87)60-36-26-19-27-37-60)80-54-63(90(7,8)9)40-43-74(80)93(84)85-79(47-44-76-83(85)67-38-28-29-39-75(67)94-76)96(81)86-68(57-30-20-16-21-31-57)50-64(91(10,11)12)51-69(86)58-32-22-17-23-33-58/h16-56,94H,1-15H3. The van der Waals surface area contributed by atoms with Crippen molar-refractivity contribution < 1.29 is 0 Å². The molecule has 14 aromatic rings. The summed E-state index contributed by atoms with van der Waals surface area (Å²) in [6.07, 6.45) is 0. The first-order valence-corrected chi connectivity index (χ1v) is 34.9. The highest BCUT2D eigenvalue weighted by molar-refractivity contribution is 7.02. The molecular formula is C92H87BN4. The van der Waals surface area contributed by atoms with Gasteiger partial charge in [-0.1, -0.05) is 268 Å². The van der Waals surface area contributed by atoms with E-state index in [2.05, 4.69) is 372 Å². The van der Waals surface area contributed by atoms with E-state index in [-0.39, 0.29) is 33.8 Å². The summed E-state index contributed by atoms with van der Waals surface area (Å²) in [4.78, 5) is 9.48. The van der Waals surface area contributed by atoms with E-state index in [1.807, 2.05) is 0 Å². The van der Waals surface area contributed by atoms with E-state index in [1.54, 1.807) is 0 Å².